The number of rotatable bonds is 6. The first-order valence-corrected chi connectivity index (χ1v) is 8.90. The third kappa shape index (κ3) is 3.17. The third-order valence-corrected chi connectivity index (χ3v) is 6.06. The summed E-state index contributed by atoms with van der Waals surface area (Å²) in [5.74, 6) is 0.233. The zero-order valence-corrected chi connectivity index (χ0v) is 13.7. The molecule has 0 radical (unpaired) electrons. The van der Waals surface area contributed by atoms with Gasteiger partial charge in [-0.1, -0.05) is 19.3 Å². The number of nitrogens with zero attached hydrogens (tertiary/aromatic N) is 1. The molecule has 2 heterocycles. The number of fused-ring (bicyclic) bond motifs is 2. The van der Waals surface area contributed by atoms with Crippen molar-refractivity contribution in [3.63, 3.8) is 0 Å². The lowest BCUT2D eigenvalue weighted by Crippen LogP contribution is -2.56. The van der Waals surface area contributed by atoms with Crippen LogP contribution in [0.25, 0.3) is 0 Å². The number of likely N-dealkylation sites (N-methyl/N-ethyl adjacent to an activating group) is 1. The summed E-state index contributed by atoms with van der Waals surface area (Å²) in [7, 11) is 2.08. The quantitative estimate of drug-likeness (QED) is 0.776. The lowest BCUT2D eigenvalue weighted by atomic mass is 9.80. The Balaban J connectivity index is 1.57. The van der Waals surface area contributed by atoms with Gasteiger partial charge in [-0.05, 0) is 39.2 Å². The summed E-state index contributed by atoms with van der Waals surface area (Å²) in [4.78, 5) is 14.8. The number of aliphatic hydroxyl groups is 1. The predicted molar refractivity (Wildman–Crippen MR) is 84.5 cm³/mol. The van der Waals surface area contributed by atoms with Crippen LogP contribution in [0, 0.1) is 5.92 Å². The van der Waals surface area contributed by atoms with Crippen LogP contribution in [0.1, 0.15) is 51.4 Å². The molecule has 126 valence electrons. The highest BCUT2D eigenvalue weighted by Crippen LogP contribution is 2.39. The SMILES string of the molecule is CN(CCO)C1(CNC(=O)[C@@H]2C[C@H]3CC[C@H]2O3)CCCCC1. The van der Waals surface area contributed by atoms with Gasteiger partial charge in [0.15, 0.2) is 0 Å². The van der Waals surface area contributed by atoms with Crippen LogP contribution < -0.4 is 5.32 Å². The Hall–Kier alpha value is -0.650. The molecule has 1 saturated carbocycles. The van der Waals surface area contributed by atoms with Crippen molar-refractivity contribution in [1.82, 2.24) is 10.2 Å². The van der Waals surface area contributed by atoms with E-state index in [9.17, 15) is 9.90 Å². The highest BCUT2D eigenvalue weighted by molar-refractivity contribution is 5.79. The van der Waals surface area contributed by atoms with Gasteiger partial charge in [0.25, 0.3) is 0 Å². The minimum absolute atomic E-state index is 0.0229. The molecule has 0 aromatic heterocycles. The largest absolute Gasteiger partial charge is 0.395 e. The second kappa shape index (κ2) is 6.85. The monoisotopic (exact) mass is 310 g/mol. The fourth-order valence-electron chi connectivity index (χ4n) is 4.59. The van der Waals surface area contributed by atoms with Gasteiger partial charge in [0.2, 0.25) is 5.91 Å². The molecule has 3 fully saturated rings. The first-order chi connectivity index (χ1) is 10.6. The van der Waals surface area contributed by atoms with Crippen molar-refractivity contribution in [2.75, 3.05) is 26.7 Å². The Bertz CT molecular complexity index is 395. The predicted octanol–water partition coefficient (Wildman–Crippen LogP) is 1.30. The molecule has 2 aliphatic heterocycles. The van der Waals surface area contributed by atoms with E-state index in [0.717, 1.165) is 32.1 Å². The van der Waals surface area contributed by atoms with Gasteiger partial charge in [-0.15, -0.1) is 0 Å². The first-order valence-electron chi connectivity index (χ1n) is 8.90. The molecule has 3 rings (SSSR count). The Kier molecular flexibility index (Phi) is 5.05. The second-order valence-corrected chi connectivity index (χ2v) is 7.36. The van der Waals surface area contributed by atoms with E-state index < -0.39 is 0 Å². The molecule has 0 aromatic carbocycles. The van der Waals surface area contributed by atoms with Crippen LogP contribution in [0.5, 0.6) is 0 Å². The van der Waals surface area contributed by atoms with E-state index in [1.807, 2.05) is 0 Å². The van der Waals surface area contributed by atoms with Crippen LogP contribution in [0.3, 0.4) is 0 Å². The molecule has 2 N–H and O–H groups in total. The molecule has 2 bridgehead atoms. The zero-order chi connectivity index (χ0) is 15.6. The average molecular weight is 310 g/mol. The topological polar surface area (TPSA) is 61.8 Å². The van der Waals surface area contributed by atoms with E-state index in [4.69, 9.17) is 4.74 Å². The van der Waals surface area contributed by atoms with Crippen molar-refractivity contribution in [3.8, 4) is 0 Å². The number of carbonyl (C=O) groups is 1. The number of ether oxygens (including phenoxy) is 1. The third-order valence-electron chi connectivity index (χ3n) is 6.06. The standard InChI is InChI=1S/C17H30N2O3/c1-19(9-10-20)17(7-3-2-4-8-17)12-18-16(21)14-11-13-5-6-15(14)22-13/h13-15,20H,2-12H2,1H3,(H,18,21)/t13-,14-,15-/m1/s1. The fourth-order valence-corrected chi connectivity index (χ4v) is 4.59. The Morgan fingerprint density at radius 1 is 1.32 bits per heavy atom. The van der Waals surface area contributed by atoms with Crippen LogP contribution in [0.15, 0.2) is 0 Å². The Labute approximate surface area is 133 Å². The highest BCUT2D eigenvalue weighted by Gasteiger charge is 2.45. The van der Waals surface area contributed by atoms with E-state index >= 15 is 0 Å². The van der Waals surface area contributed by atoms with Gasteiger partial charge in [-0.2, -0.15) is 0 Å². The summed E-state index contributed by atoms with van der Waals surface area (Å²) in [6, 6.07) is 0. The Morgan fingerprint density at radius 3 is 2.68 bits per heavy atom. The van der Waals surface area contributed by atoms with E-state index in [1.165, 1.54) is 19.3 Å². The van der Waals surface area contributed by atoms with Crippen LogP contribution in [-0.2, 0) is 9.53 Å². The maximum absolute atomic E-state index is 12.5. The van der Waals surface area contributed by atoms with Crippen molar-refractivity contribution < 1.29 is 14.6 Å². The number of aliphatic hydroxyl groups excluding tert-OH is 1. The molecule has 1 amide bonds. The molecule has 5 nitrogen and oxygen atoms in total. The molecule has 3 aliphatic rings. The summed E-state index contributed by atoms with van der Waals surface area (Å²) in [5.41, 5.74) is 0.0229. The van der Waals surface area contributed by atoms with Crippen LogP contribution in [0.4, 0.5) is 0 Å². The van der Waals surface area contributed by atoms with Gasteiger partial charge >= 0.3 is 0 Å². The summed E-state index contributed by atoms with van der Waals surface area (Å²) in [6.45, 7) is 1.55. The molecule has 5 heteroatoms. The van der Waals surface area contributed by atoms with Gasteiger partial charge < -0.3 is 15.2 Å². The van der Waals surface area contributed by atoms with Crippen molar-refractivity contribution in [1.29, 1.82) is 0 Å². The van der Waals surface area contributed by atoms with Crippen LogP contribution >= 0.6 is 0 Å². The maximum Gasteiger partial charge on any atom is 0.225 e. The number of β-amino-alcohol motifs (C(OH)–C–C–N with tert-alkyl or cyclic N) is 1. The van der Waals surface area contributed by atoms with E-state index in [2.05, 4.69) is 17.3 Å². The minimum atomic E-state index is 0.0229. The number of hydrogen-bond acceptors (Lipinski definition) is 4. The molecule has 0 unspecified atom stereocenters. The average Bonchev–Trinajstić information content (AvgIpc) is 3.17. The summed E-state index contributed by atoms with van der Waals surface area (Å²) < 4.78 is 5.80. The molecule has 2 saturated heterocycles. The lowest BCUT2D eigenvalue weighted by molar-refractivity contribution is -0.127. The van der Waals surface area contributed by atoms with Gasteiger partial charge in [0.1, 0.15) is 0 Å². The van der Waals surface area contributed by atoms with E-state index in [-0.39, 0.29) is 30.1 Å². The first kappa shape index (κ1) is 16.2. The van der Waals surface area contributed by atoms with E-state index in [1.54, 1.807) is 0 Å². The maximum atomic E-state index is 12.5. The summed E-state index contributed by atoms with van der Waals surface area (Å²) >= 11 is 0. The van der Waals surface area contributed by atoms with Crippen molar-refractivity contribution >= 4 is 5.91 Å². The zero-order valence-electron chi connectivity index (χ0n) is 13.7. The molecular formula is C17H30N2O3. The lowest BCUT2D eigenvalue weighted by Gasteiger charge is -2.45. The van der Waals surface area contributed by atoms with Crippen molar-refractivity contribution in [2.24, 2.45) is 5.92 Å². The number of carbonyl (C=O) groups excluding carboxylic acids is 1. The van der Waals surface area contributed by atoms with E-state index in [0.29, 0.717) is 19.2 Å². The van der Waals surface area contributed by atoms with Gasteiger partial charge in [-0.3, -0.25) is 9.69 Å². The summed E-state index contributed by atoms with van der Waals surface area (Å²) in [5, 5.41) is 12.5. The Morgan fingerprint density at radius 2 is 2.09 bits per heavy atom. The van der Waals surface area contributed by atoms with Crippen molar-refractivity contribution in [2.45, 2.75) is 69.1 Å². The number of hydrogen-bond donors (Lipinski definition) is 2. The molecular weight excluding hydrogens is 280 g/mol. The number of amides is 1. The molecule has 0 aromatic rings. The van der Waals surface area contributed by atoms with Crippen LogP contribution in [0.2, 0.25) is 0 Å². The molecule has 22 heavy (non-hydrogen) atoms. The van der Waals surface area contributed by atoms with Gasteiger partial charge in [-0.25, -0.2) is 0 Å². The molecule has 1 aliphatic carbocycles. The molecule has 0 spiro atoms. The van der Waals surface area contributed by atoms with Crippen molar-refractivity contribution in [3.05, 3.63) is 0 Å². The minimum Gasteiger partial charge on any atom is -0.395 e. The highest BCUT2D eigenvalue weighted by atomic mass is 16.5. The van der Waals surface area contributed by atoms with Crippen LogP contribution in [-0.4, -0.2) is 60.4 Å². The summed E-state index contributed by atoms with van der Waals surface area (Å²) in [6.07, 6.45) is 9.46. The fraction of sp³-hybridized carbons (Fsp3) is 0.941. The normalized spacial score (nSPS) is 33.3. The van der Waals surface area contributed by atoms with Gasteiger partial charge in [0.05, 0.1) is 24.7 Å². The number of nitrogens with one attached hydrogen (secondary N) is 1. The van der Waals surface area contributed by atoms with Gasteiger partial charge in [0, 0.05) is 18.6 Å². The second-order valence-electron chi connectivity index (χ2n) is 7.36. The molecule has 3 atom stereocenters. The smallest absolute Gasteiger partial charge is 0.225 e.